The zero-order valence-corrected chi connectivity index (χ0v) is 15.5. The molecule has 2 amide bonds. The van der Waals surface area contributed by atoms with Crippen LogP contribution in [-0.2, 0) is 33.3 Å². The maximum atomic E-state index is 12.0. The molecule has 2 rings (SSSR count). The molecule has 29 heavy (non-hydrogen) atoms. The van der Waals surface area contributed by atoms with Crippen LogP contribution < -0.4 is 22.5 Å². The average Bonchev–Trinajstić information content (AvgIpc) is 3.05. The predicted molar refractivity (Wildman–Crippen MR) is 92.9 cm³/mol. The molecule has 2 heterocycles. The van der Waals surface area contributed by atoms with Gasteiger partial charge in [-0.25, -0.2) is 19.4 Å². The molecule has 2 aliphatic rings. The van der Waals surface area contributed by atoms with E-state index in [1.165, 1.54) is 13.0 Å². The van der Waals surface area contributed by atoms with Crippen LogP contribution in [0.1, 0.15) is 6.92 Å². The number of amides is 2. The molecule has 0 radical (unpaired) electrons. The smallest absolute Gasteiger partial charge is 0.477 e. The molecule has 160 valence electrons. The van der Waals surface area contributed by atoms with Gasteiger partial charge in [-0.3, -0.25) is 4.79 Å². The summed E-state index contributed by atoms with van der Waals surface area (Å²) in [6, 6.07) is -2.07. The second kappa shape index (κ2) is 8.99. The number of cyclic esters (lactones) is 2. The summed E-state index contributed by atoms with van der Waals surface area (Å²) in [4.78, 5) is 50.6. The maximum Gasteiger partial charge on any atom is 0.508 e. The van der Waals surface area contributed by atoms with Gasteiger partial charge < -0.3 is 46.2 Å². The van der Waals surface area contributed by atoms with Gasteiger partial charge in [0.25, 0.3) is 0 Å². The third-order valence-corrected chi connectivity index (χ3v) is 3.92. The number of ether oxygens (including phenoxy) is 5. The number of hydrogen-bond donors (Lipinski definition) is 4. The number of nitrogens with one attached hydrogen (secondary N) is 1. The quantitative estimate of drug-likeness (QED) is 0.155. The maximum absolute atomic E-state index is 12.0. The van der Waals surface area contributed by atoms with Crippen LogP contribution in [0.3, 0.4) is 0 Å². The lowest BCUT2D eigenvalue weighted by atomic mass is 9.92. The largest absolute Gasteiger partial charge is 0.508 e. The second-order valence-corrected chi connectivity index (χ2v) is 5.99. The Bertz CT molecular complexity index is 748. The molecule has 0 aromatic carbocycles. The van der Waals surface area contributed by atoms with E-state index in [1.54, 1.807) is 0 Å². The highest BCUT2D eigenvalue weighted by atomic mass is 16.8. The molecule has 7 N–H and O–H groups in total. The van der Waals surface area contributed by atoms with Crippen molar-refractivity contribution in [2.45, 2.75) is 37.3 Å². The highest BCUT2D eigenvalue weighted by molar-refractivity contribution is 5.87. The van der Waals surface area contributed by atoms with Gasteiger partial charge in [-0.1, -0.05) is 0 Å². The Kier molecular flexibility index (Phi) is 6.69. The molecule has 2 aliphatic heterocycles. The van der Waals surface area contributed by atoms with Gasteiger partial charge in [0.05, 0.1) is 19.2 Å². The zero-order valence-electron chi connectivity index (χ0n) is 15.5. The number of esters is 1. The van der Waals surface area contributed by atoms with Crippen molar-refractivity contribution < 1.29 is 42.9 Å². The van der Waals surface area contributed by atoms with Crippen molar-refractivity contribution in [2.24, 2.45) is 22.2 Å². The minimum Gasteiger partial charge on any atom is -0.477 e. The molecule has 14 nitrogen and oxygen atoms in total. The Morgan fingerprint density at radius 1 is 1.28 bits per heavy atom. The summed E-state index contributed by atoms with van der Waals surface area (Å²) in [7, 11) is 1.11. The fourth-order valence-corrected chi connectivity index (χ4v) is 2.88. The Morgan fingerprint density at radius 2 is 1.97 bits per heavy atom. The number of rotatable bonds is 6. The van der Waals surface area contributed by atoms with Crippen LogP contribution in [0.15, 0.2) is 16.8 Å². The van der Waals surface area contributed by atoms with Crippen molar-refractivity contribution in [1.82, 2.24) is 5.32 Å². The van der Waals surface area contributed by atoms with E-state index in [4.69, 9.17) is 36.1 Å². The lowest BCUT2D eigenvalue weighted by molar-refractivity contribution is -0.147. The van der Waals surface area contributed by atoms with Crippen LogP contribution in [-0.4, -0.2) is 74.2 Å². The number of hydrogen-bond acceptors (Lipinski definition) is 10. The van der Waals surface area contributed by atoms with Crippen molar-refractivity contribution in [3.05, 3.63) is 11.8 Å². The first-order valence-corrected chi connectivity index (χ1v) is 8.24. The van der Waals surface area contributed by atoms with E-state index in [-0.39, 0.29) is 18.3 Å². The molecule has 0 aromatic heterocycles. The number of guanidine groups is 1. The molecule has 0 bridgehead atoms. The summed E-state index contributed by atoms with van der Waals surface area (Å²) in [6.45, 7) is 0.916. The van der Waals surface area contributed by atoms with Gasteiger partial charge in [0.1, 0.15) is 6.61 Å². The van der Waals surface area contributed by atoms with Crippen molar-refractivity contribution in [2.75, 3.05) is 13.7 Å². The van der Waals surface area contributed by atoms with Crippen LogP contribution in [0.25, 0.3) is 0 Å². The lowest BCUT2D eigenvalue weighted by Crippen LogP contribution is -2.61. The Balaban J connectivity index is 2.51. The molecule has 0 unspecified atom stereocenters. The molecule has 1 saturated heterocycles. The number of nitrogens with zero attached hydrogens (tertiary/aromatic N) is 1. The van der Waals surface area contributed by atoms with E-state index in [2.05, 4.69) is 15.0 Å². The fraction of sp³-hybridized carbons (Fsp3) is 0.533. The third kappa shape index (κ3) is 5.40. The molecule has 0 saturated carbocycles. The molecule has 14 heteroatoms. The van der Waals surface area contributed by atoms with Gasteiger partial charge in [0.15, 0.2) is 24.3 Å². The first-order chi connectivity index (χ1) is 13.6. The van der Waals surface area contributed by atoms with E-state index in [0.29, 0.717) is 0 Å². The molecule has 0 aliphatic carbocycles. The van der Waals surface area contributed by atoms with Crippen molar-refractivity contribution in [3.8, 4) is 0 Å². The van der Waals surface area contributed by atoms with Crippen LogP contribution >= 0.6 is 0 Å². The third-order valence-electron chi connectivity index (χ3n) is 3.92. The van der Waals surface area contributed by atoms with E-state index in [0.717, 1.165) is 7.11 Å². The topological polar surface area (TPSA) is 217 Å². The molecular weight excluding hydrogens is 394 g/mol. The van der Waals surface area contributed by atoms with E-state index in [9.17, 15) is 19.2 Å². The van der Waals surface area contributed by atoms with Crippen molar-refractivity contribution in [1.29, 1.82) is 0 Å². The molecule has 0 aromatic rings. The zero-order chi connectivity index (χ0) is 21.7. The Hall–Kier alpha value is -3.71. The number of nitrogens with two attached hydrogens (primary N) is 3. The summed E-state index contributed by atoms with van der Waals surface area (Å²) in [5.41, 5.74) is 16.0. The Morgan fingerprint density at radius 3 is 2.45 bits per heavy atom. The highest BCUT2D eigenvalue weighted by Crippen LogP contribution is 2.29. The predicted octanol–water partition coefficient (Wildman–Crippen LogP) is -2.41. The second-order valence-electron chi connectivity index (χ2n) is 5.99. The van der Waals surface area contributed by atoms with Crippen LogP contribution in [0.4, 0.5) is 9.59 Å². The number of primary amides is 1. The standard InChI is InChI=1S/C15H21N5O9/c1-5(21)19-9-6(20-13(16)17)3-7(12(22)25-2)27-11(9)10(29-14(18)23)8-4-26-15(24)28-8/h3,6,8-11H,4H2,1-2H3,(H2,18,23)(H,19,21)(H4,16,17,20)/t6-,8+,9+,10+,11+/m0/s1. The number of carbonyl (C=O) groups is 4. The van der Waals surface area contributed by atoms with E-state index >= 15 is 0 Å². The normalized spacial score (nSPS) is 26.6. The summed E-state index contributed by atoms with van der Waals surface area (Å²) >= 11 is 0. The number of carbonyl (C=O) groups excluding carboxylic acids is 4. The fourth-order valence-electron chi connectivity index (χ4n) is 2.88. The first-order valence-electron chi connectivity index (χ1n) is 8.24. The monoisotopic (exact) mass is 415 g/mol. The SMILES string of the molecule is COC(=O)C1=C[C@H](N=C(N)N)[C@@H](NC(C)=O)[C@H]([C@H](OC(N)=O)[C@H]2COC(=O)O2)O1. The van der Waals surface area contributed by atoms with Crippen LogP contribution in [0.2, 0.25) is 0 Å². The van der Waals surface area contributed by atoms with Gasteiger partial charge in [-0.05, 0) is 6.08 Å². The highest BCUT2D eigenvalue weighted by Gasteiger charge is 2.49. The molecule has 5 atom stereocenters. The van der Waals surface area contributed by atoms with Gasteiger partial charge >= 0.3 is 18.2 Å². The summed E-state index contributed by atoms with van der Waals surface area (Å²) in [5, 5.41) is 2.56. The summed E-state index contributed by atoms with van der Waals surface area (Å²) in [5.74, 6) is -2.07. The number of methoxy groups -OCH3 is 1. The minimum absolute atomic E-state index is 0.298. The van der Waals surface area contributed by atoms with Crippen molar-refractivity contribution >= 4 is 30.1 Å². The summed E-state index contributed by atoms with van der Waals surface area (Å²) < 4.78 is 25.0. The Labute approximate surface area is 164 Å². The van der Waals surface area contributed by atoms with Gasteiger partial charge in [0, 0.05) is 6.92 Å². The van der Waals surface area contributed by atoms with Crippen molar-refractivity contribution in [3.63, 3.8) is 0 Å². The molecular formula is C15H21N5O9. The molecule has 0 spiro atoms. The molecule has 1 fully saturated rings. The average molecular weight is 415 g/mol. The van der Waals surface area contributed by atoms with E-state index in [1.807, 2.05) is 0 Å². The summed E-state index contributed by atoms with van der Waals surface area (Å²) in [6.07, 6.45) is -4.85. The van der Waals surface area contributed by atoms with E-state index < -0.39 is 54.5 Å². The van der Waals surface area contributed by atoms with Crippen LogP contribution in [0, 0.1) is 0 Å². The van der Waals surface area contributed by atoms with Gasteiger partial charge in [-0.2, -0.15) is 0 Å². The van der Waals surface area contributed by atoms with Gasteiger partial charge in [0.2, 0.25) is 11.7 Å². The van der Waals surface area contributed by atoms with Crippen LogP contribution in [0.5, 0.6) is 0 Å². The lowest BCUT2D eigenvalue weighted by Gasteiger charge is -2.39. The van der Waals surface area contributed by atoms with Gasteiger partial charge in [-0.15, -0.1) is 0 Å². The minimum atomic E-state index is -1.39. The number of aliphatic imine (C=N–C) groups is 1. The first kappa shape index (κ1) is 21.6.